The minimum Gasteiger partial charge on any atom is -0.348 e. The third-order valence-corrected chi connectivity index (χ3v) is 4.53. The molecular formula is C15H12Br2FNO. The normalized spacial score (nSPS) is 10.4. The molecule has 0 aliphatic carbocycles. The molecule has 0 fully saturated rings. The smallest absolute Gasteiger partial charge is 0.251 e. The van der Waals surface area contributed by atoms with Crippen molar-refractivity contribution in [3.63, 3.8) is 0 Å². The second-order valence-electron chi connectivity index (χ2n) is 4.38. The van der Waals surface area contributed by atoms with Gasteiger partial charge in [0, 0.05) is 21.1 Å². The van der Waals surface area contributed by atoms with E-state index in [0.717, 1.165) is 14.5 Å². The number of carbonyl (C=O) groups excluding carboxylic acids is 1. The van der Waals surface area contributed by atoms with Gasteiger partial charge in [-0.1, -0.05) is 31.9 Å². The van der Waals surface area contributed by atoms with Crippen LogP contribution in [0.25, 0.3) is 0 Å². The molecule has 1 N–H and O–H groups in total. The lowest BCUT2D eigenvalue weighted by Crippen LogP contribution is -2.23. The van der Waals surface area contributed by atoms with E-state index in [4.69, 9.17) is 0 Å². The fraction of sp³-hybridized carbons (Fsp3) is 0.133. The largest absolute Gasteiger partial charge is 0.348 e. The summed E-state index contributed by atoms with van der Waals surface area (Å²) in [6.07, 6.45) is 0. The van der Waals surface area contributed by atoms with E-state index in [1.165, 1.54) is 12.1 Å². The molecule has 0 aliphatic rings. The number of amides is 1. The number of benzene rings is 2. The molecule has 20 heavy (non-hydrogen) atoms. The Bertz CT molecular complexity index is 658. The van der Waals surface area contributed by atoms with E-state index in [0.29, 0.717) is 11.1 Å². The van der Waals surface area contributed by atoms with Crippen LogP contribution in [0.5, 0.6) is 0 Å². The summed E-state index contributed by atoms with van der Waals surface area (Å²) in [6, 6.07) is 9.78. The van der Waals surface area contributed by atoms with Crippen LogP contribution in [0, 0.1) is 12.7 Å². The quantitative estimate of drug-likeness (QED) is 0.802. The molecule has 5 heteroatoms. The van der Waals surface area contributed by atoms with E-state index >= 15 is 0 Å². The zero-order valence-corrected chi connectivity index (χ0v) is 13.9. The molecule has 0 saturated carbocycles. The van der Waals surface area contributed by atoms with Gasteiger partial charge in [-0.05, 0) is 54.4 Å². The zero-order chi connectivity index (χ0) is 14.7. The van der Waals surface area contributed by atoms with Gasteiger partial charge in [-0.25, -0.2) is 4.39 Å². The Kier molecular flexibility index (Phi) is 4.94. The first kappa shape index (κ1) is 15.2. The molecular weight excluding hydrogens is 389 g/mol. The Morgan fingerprint density at radius 3 is 2.55 bits per heavy atom. The summed E-state index contributed by atoms with van der Waals surface area (Å²) in [5.41, 5.74) is 2.27. The first-order valence-corrected chi connectivity index (χ1v) is 7.54. The number of aryl methyl sites for hydroxylation is 1. The van der Waals surface area contributed by atoms with Gasteiger partial charge in [-0.3, -0.25) is 4.79 Å². The number of hydrogen-bond donors (Lipinski definition) is 1. The van der Waals surface area contributed by atoms with Gasteiger partial charge < -0.3 is 5.32 Å². The van der Waals surface area contributed by atoms with Gasteiger partial charge in [0.2, 0.25) is 0 Å². The monoisotopic (exact) mass is 399 g/mol. The van der Waals surface area contributed by atoms with Crippen LogP contribution in [0.2, 0.25) is 0 Å². The molecule has 2 nitrogen and oxygen atoms in total. The molecule has 0 radical (unpaired) electrons. The van der Waals surface area contributed by atoms with E-state index in [1.54, 1.807) is 18.2 Å². The summed E-state index contributed by atoms with van der Waals surface area (Å²) in [5.74, 6) is -0.506. The van der Waals surface area contributed by atoms with E-state index in [1.807, 2.05) is 13.0 Å². The van der Waals surface area contributed by atoms with E-state index in [-0.39, 0.29) is 18.3 Å². The molecule has 1 amide bonds. The van der Waals surface area contributed by atoms with Gasteiger partial charge in [-0.2, -0.15) is 0 Å². The molecule has 2 aromatic carbocycles. The second kappa shape index (κ2) is 6.50. The van der Waals surface area contributed by atoms with Crippen LogP contribution in [0.4, 0.5) is 4.39 Å². The number of nitrogens with one attached hydrogen (secondary N) is 1. The predicted octanol–water partition coefficient (Wildman–Crippen LogP) is 4.59. The molecule has 0 heterocycles. The molecule has 0 spiro atoms. The fourth-order valence-corrected chi connectivity index (χ4v) is 2.38. The lowest BCUT2D eigenvalue weighted by Gasteiger charge is -2.08. The third-order valence-electron chi connectivity index (χ3n) is 2.87. The first-order chi connectivity index (χ1) is 9.47. The van der Waals surface area contributed by atoms with E-state index in [9.17, 15) is 9.18 Å². The number of carbonyl (C=O) groups is 1. The lowest BCUT2D eigenvalue weighted by molar-refractivity contribution is 0.0950. The van der Waals surface area contributed by atoms with Crippen molar-refractivity contribution >= 4 is 37.8 Å². The Hall–Kier alpha value is -1.20. The van der Waals surface area contributed by atoms with Crippen molar-refractivity contribution in [1.82, 2.24) is 5.32 Å². The summed E-state index contributed by atoms with van der Waals surface area (Å²) in [5, 5.41) is 2.78. The van der Waals surface area contributed by atoms with Crippen LogP contribution in [-0.4, -0.2) is 5.91 Å². The summed E-state index contributed by atoms with van der Waals surface area (Å²) >= 11 is 6.73. The highest BCUT2D eigenvalue weighted by molar-refractivity contribution is 9.10. The SMILES string of the molecule is Cc1cc(C(=O)NCc2cc(F)ccc2Br)ccc1Br. The number of rotatable bonds is 3. The molecule has 0 aliphatic heterocycles. The summed E-state index contributed by atoms with van der Waals surface area (Å²) in [4.78, 5) is 12.0. The van der Waals surface area contributed by atoms with Gasteiger partial charge in [0.05, 0.1) is 0 Å². The van der Waals surface area contributed by atoms with Crippen LogP contribution in [-0.2, 0) is 6.54 Å². The molecule has 0 saturated heterocycles. The van der Waals surface area contributed by atoms with Crippen molar-refractivity contribution in [1.29, 1.82) is 0 Å². The maximum absolute atomic E-state index is 13.2. The first-order valence-electron chi connectivity index (χ1n) is 5.95. The second-order valence-corrected chi connectivity index (χ2v) is 6.09. The minimum atomic E-state index is -0.322. The highest BCUT2D eigenvalue weighted by atomic mass is 79.9. The van der Waals surface area contributed by atoms with Crippen molar-refractivity contribution in [2.24, 2.45) is 0 Å². The van der Waals surface area contributed by atoms with Crippen molar-refractivity contribution < 1.29 is 9.18 Å². The van der Waals surface area contributed by atoms with Gasteiger partial charge in [-0.15, -0.1) is 0 Å². The summed E-state index contributed by atoms with van der Waals surface area (Å²) in [6.45, 7) is 2.19. The molecule has 104 valence electrons. The highest BCUT2D eigenvalue weighted by Crippen LogP contribution is 2.19. The molecule has 2 rings (SSSR count). The average Bonchev–Trinajstić information content (AvgIpc) is 2.42. The Labute approximate surface area is 133 Å². The van der Waals surface area contributed by atoms with Crippen LogP contribution in [0.3, 0.4) is 0 Å². The molecule has 0 bridgehead atoms. The van der Waals surface area contributed by atoms with E-state index in [2.05, 4.69) is 37.2 Å². The van der Waals surface area contributed by atoms with E-state index < -0.39 is 0 Å². The van der Waals surface area contributed by atoms with Crippen LogP contribution < -0.4 is 5.32 Å². The molecule has 0 atom stereocenters. The van der Waals surface area contributed by atoms with Crippen molar-refractivity contribution in [3.8, 4) is 0 Å². The minimum absolute atomic E-state index is 0.184. The number of hydrogen-bond acceptors (Lipinski definition) is 1. The molecule has 0 unspecified atom stereocenters. The Morgan fingerprint density at radius 1 is 1.15 bits per heavy atom. The zero-order valence-electron chi connectivity index (χ0n) is 10.7. The molecule has 2 aromatic rings. The maximum Gasteiger partial charge on any atom is 0.251 e. The maximum atomic E-state index is 13.2. The molecule has 0 aromatic heterocycles. The van der Waals surface area contributed by atoms with Crippen LogP contribution >= 0.6 is 31.9 Å². The van der Waals surface area contributed by atoms with Gasteiger partial charge >= 0.3 is 0 Å². The van der Waals surface area contributed by atoms with Crippen molar-refractivity contribution in [2.45, 2.75) is 13.5 Å². The highest BCUT2D eigenvalue weighted by Gasteiger charge is 2.08. The Morgan fingerprint density at radius 2 is 1.85 bits per heavy atom. The lowest BCUT2D eigenvalue weighted by atomic mass is 10.1. The average molecular weight is 401 g/mol. The van der Waals surface area contributed by atoms with Gasteiger partial charge in [0.15, 0.2) is 0 Å². The van der Waals surface area contributed by atoms with Gasteiger partial charge in [0.25, 0.3) is 5.91 Å². The van der Waals surface area contributed by atoms with Crippen LogP contribution in [0.15, 0.2) is 45.3 Å². The van der Waals surface area contributed by atoms with Crippen LogP contribution in [0.1, 0.15) is 21.5 Å². The van der Waals surface area contributed by atoms with Crippen molar-refractivity contribution in [2.75, 3.05) is 0 Å². The summed E-state index contributed by atoms with van der Waals surface area (Å²) < 4.78 is 14.9. The number of halogens is 3. The van der Waals surface area contributed by atoms with Crippen molar-refractivity contribution in [3.05, 3.63) is 67.9 Å². The predicted molar refractivity (Wildman–Crippen MR) is 84.1 cm³/mol. The Balaban J connectivity index is 2.08. The fourth-order valence-electron chi connectivity index (χ4n) is 1.74. The third kappa shape index (κ3) is 3.67. The topological polar surface area (TPSA) is 29.1 Å². The summed E-state index contributed by atoms with van der Waals surface area (Å²) in [7, 11) is 0. The van der Waals surface area contributed by atoms with Gasteiger partial charge in [0.1, 0.15) is 5.82 Å². The standard InChI is InChI=1S/C15H12Br2FNO/c1-9-6-10(2-4-13(9)16)15(20)19-8-11-7-12(18)3-5-14(11)17/h2-7H,8H2,1H3,(H,19,20).